The summed E-state index contributed by atoms with van der Waals surface area (Å²) in [5.74, 6) is 0.559. The molecule has 4 nitrogen and oxygen atoms in total. The molecule has 1 aliphatic heterocycles. The van der Waals surface area contributed by atoms with Crippen molar-refractivity contribution in [2.45, 2.75) is 38.7 Å². The van der Waals surface area contributed by atoms with E-state index in [4.69, 9.17) is 4.74 Å². The van der Waals surface area contributed by atoms with Crippen molar-refractivity contribution in [1.29, 1.82) is 0 Å². The normalized spacial score (nSPS) is 17.2. The Morgan fingerprint density at radius 1 is 0.933 bits per heavy atom. The summed E-state index contributed by atoms with van der Waals surface area (Å²) in [5.41, 5.74) is 7.37. The van der Waals surface area contributed by atoms with E-state index >= 15 is 0 Å². The predicted octanol–water partition coefficient (Wildman–Crippen LogP) is 5.64. The van der Waals surface area contributed by atoms with Gasteiger partial charge in [-0.05, 0) is 40.8 Å². The Labute approximate surface area is 177 Å². The second-order valence-electron chi connectivity index (χ2n) is 8.54. The largest absolute Gasteiger partial charge is 0.485 e. The number of benzene rings is 3. The number of hydrazone groups is 1. The number of carbonyl (C=O) groups is 1. The van der Waals surface area contributed by atoms with E-state index in [1.54, 1.807) is 0 Å². The zero-order valence-corrected chi connectivity index (χ0v) is 17.6. The molecule has 1 unspecified atom stereocenters. The smallest absolute Gasteiger partial charge is 0.271 e. The Morgan fingerprint density at radius 2 is 1.60 bits per heavy atom. The number of carbonyl (C=O) groups excluding carboxylic acids is 1. The van der Waals surface area contributed by atoms with Crippen molar-refractivity contribution in [2.75, 3.05) is 0 Å². The number of rotatable bonds is 3. The zero-order chi connectivity index (χ0) is 21.1. The minimum atomic E-state index is -0.219. The van der Waals surface area contributed by atoms with Crippen molar-refractivity contribution < 1.29 is 9.53 Å². The van der Waals surface area contributed by atoms with E-state index in [2.05, 4.69) is 31.3 Å². The van der Waals surface area contributed by atoms with Gasteiger partial charge in [0.25, 0.3) is 5.91 Å². The van der Waals surface area contributed by atoms with Gasteiger partial charge in [-0.15, -0.1) is 0 Å². The number of amides is 1. The van der Waals surface area contributed by atoms with Crippen LogP contribution < -0.4 is 10.2 Å². The lowest BCUT2D eigenvalue weighted by Crippen LogP contribution is -2.25. The van der Waals surface area contributed by atoms with Crippen LogP contribution in [0.2, 0.25) is 0 Å². The Kier molecular flexibility index (Phi) is 5.40. The quantitative estimate of drug-likeness (QED) is 0.580. The highest BCUT2D eigenvalue weighted by molar-refractivity contribution is 6.05. The van der Waals surface area contributed by atoms with Crippen LogP contribution >= 0.6 is 0 Å². The highest BCUT2D eigenvalue weighted by Gasteiger charge is 2.26. The lowest BCUT2D eigenvalue weighted by Gasteiger charge is -2.27. The molecule has 1 amide bonds. The van der Waals surface area contributed by atoms with E-state index in [0.29, 0.717) is 12.0 Å². The molecule has 0 aliphatic carbocycles. The van der Waals surface area contributed by atoms with Crippen molar-refractivity contribution >= 4 is 11.6 Å². The molecular formula is C26H26N2O2. The number of hydrogen-bond donors (Lipinski definition) is 1. The molecular weight excluding hydrogens is 372 g/mol. The molecule has 0 spiro atoms. The van der Waals surface area contributed by atoms with Crippen LogP contribution in [0, 0.1) is 0 Å². The standard InChI is InChI=1S/C26H26N2O2/c1-26(2,3)20-15-13-19(14-16-20)25(29)28-27-22-17-24(18-9-5-4-6-10-18)30-23-12-8-7-11-21(22)23/h4-16,24H,17H2,1-3H3,(H,28,29). The maximum Gasteiger partial charge on any atom is 0.271 e. The lowest BCUT2D eigenvalue weighted by atomic mass is 9.87. The lowest BCUT2D eigenvalue weighted by molar-refractivity contribution is 0.0954. The molecule has 30 heavy (non-hydrogen) atoms. The van der Waals surface area contributed by atoms with Crippen molar-refractivity contribution in [3.8, 4) is 5.75 Å². The second kappa shape index (κ2) is 8.15. The summed E-state index contributed by atoms with van der Waals surface area (Å²) in [5, 5.41) is 4.48. The first-order chi connectivity index (χ1) is 14.4. The fourth-order valence-corrected chi connectivity index (χ4v) is 3.55. The molecule has 0 saturated heterocycles. The van der Waals surface area contributed by atoms with Crippen molar-refractivity contribution in [3.63, 3.8) is 0 Å². The van der Waals surface area contributed by atoms with Crippen LogP contribution in [-0.2, 0) is 5.41 Å². The van der Waals surface area contributed by atoms with Gasteiger partial charge in [0.05, 0.1) is 5.71 Å². The molecule has 1 aliphatic rings. The molecule has 4 heteroatoms. The summed E-state index contributed by atoms with van der Waals surface area (Å²) in [7, 11) is 0. The van der Waals surface area contributed by atoms with Crippen molar-refractivity contribution in [2.24, 2.45) is 5.10 Å². The Hall–Kier alpha value is -3.40. The fourth-order valence-electron chi connectivity index (χ4n) is 3.55. The average Bonchev–Trinajstić information content (AvgIpc) is 2.77. The van der Waals surface area contributed by atoms with Gasteiger partial charge in [-0.3, -0.25) is 4.79 Å². The first-order valence-corrected chi connectivity index (χ1v) is 10.2. The van der Waals surface area contributed by atoms with Gasteiger partial charge in [-0.25, -0.2) is 5.43 Å². The van der Waals surface area contributed by atoms with Crippen LogP contribution in [-0.4, -0.2) is 11.6 Å². The SMILES string of the molecule is CC(C)(C)c1ccc(C(=O)NN=C2CC(c3ccccc3)Oc3ccccc32)cc1. The summed E-state index contributed by atoms with van der Waals surface area (Å²) in [6, 6.07) is 25.6. The van der Waals surface area contributed by atoms with Crippen molar-refractivity contribution in [3.05, 3.63) is 101 Å². The summed E-state index contributed by atoms with van der Waals surface area (Å²) in [6.45, 7) is 6.46. The van der Waals surface area contributed by atoms with E-state index in [-0.39, 0.29) is 17.4 Å². The van der Waals surface area contributed by atoms with Crippen LogP contribution in [0.25, 0.3) is 0 Å². The van der Waals surface area contributed by atoms with Crippen LogP contribution in [0.15, 0.2) is 84.0 Å². The van der Waals surface area contributed by atoms with Gasteiger partial charge in [0, 0.05) is 17.5 Å². The van der Waals surface area contributed by atoms with Crippen LogP contribution in [0.4, 0.5) is 0 Å². The highest BCUT2D eigenvalue weighted by Crippen LogP contribution is 2.35. The molecule has 152 valence electrons. The summed E-state index contributed by atoms with van der Waals surface area (Å²) < 4.78 is 6.19. The number of ether oxygens (including phenoxy) is 1. The zero-order valence-electron chi connectivity index (χ0n) is 17.6. The summed E-state index contributed by atoms with van der Waals surface area (Å²) in [6.07, 6.45) is 0.451. The third-order valence-corrected chi connectivity index (χ3v) is 5.32. The van der Waals surface area contributed by atoms with Gasteiger partial charge in [-0.2, -0.15) is 5.10 Å². The Bertz CT molecular complexity index is 1060. The Balaban J connectivity index is 1.56. The third-order valence-electron chi connectivity index (χ3n) is 5.32. The van der Waals surface area contributed by atoms with E-state index < -0.39 is 0 Å². The molecule has 0 bridgehead atoms. The topological polar surface area (TPSA) is 50.7 Å². The number of para-hydroxylation sites is 1. The molecule has 0 aromatic heterocycles. The molecule has 0 saturated carbocycles. The Morgan fingerprint density at radius 3 is 2.30 bits per heavy atom. The van der Waals surface area contributed by atoms with Crippen LogP contribution in [0.1, 0.15) is 60.3 Å². The van der Waals surface area contributed by atoms with Gasteiger partial charge in [-0.1, -0.05) is 75.4 Å². The third kappa shape index (κ3) is 4.28. The molecule has 3 aromatic rings. The van der Waals surface area contributed by atoms with Crippen LogP contribution in [0.5, 0.6) is 5.75 Å². The van der Waals surface area contributed by atoms with E-state index in [9.17, 15) is 4.79 Å². The minimum Gasteiger partial charge on any atom is -0.485 e. The van der Waals surface area contributed by atoms with Crippen LogP contribution in [0.3, 0.4) is 0 Å². The second-order valence-corrected chi connectivity index (χ2v) is 8.54. The van der Waals surface area contributed by atoms with E-state index in [1.165, 1.54) is 5.56 Å². The maximum atomic E-state index is 12.7. The van der Waals surface area contributed by atoms with Gasteiger partial charge in [0.1, 0.15) is 11.9 Å². The van der Waals surface area contributed by atoms with E-state index in [0.717, 1.165) is 22.6 Å². The molecule has 1 heterocycles. The van der Waals surface area contributed by atoms with Gasteiger partial charge in [0.15, 0.2) is 0 Å². The summed E-state index contributed by atoms with van der Waals surface area (Å²) in [4.78, 5) is 12.7. The monoisotopic (exact) mass is 398 g/mol. The number of nitrogens with zero attached hydrogens (tertiary/aromatic N) is 1. The summed E-state index contributed by atoms with van der Waals surface area (Å²) >= 11 is 0. The van der Waals surface area contributed by atoms with Gasteiger partial charge >= 0.3 is 0 Å². The number of nitrogens with one attached hydrogen (secondary N) is 1. The molecule has 1 atom stereocenters. The van der Waals surface area contributed by atoms with Gasteiger partial charge < -0.3 is 4.74 Å². The first-order valence-electron chi connectivity index (χ1n) is 10.2. The number of hydrogen-bond acceptors (Lipinski definition) is 3. The van der Waals surface area contributed by atoms with Crippen molar-refractivity contribution in [1.82, 2.24) is 5.43 Å². The van der Waals surface area contributed by atoms with Gasteiger partial charge in [0.2, 0.25) is 0 Å². The predicted molar refractivity (Wildman–Crippen MR) is 120 cm³/mol. The first kappa shape index (κ1) is 19.9. The van der Waals surface area contributed by atoms with E-state index in [1.807, 2.05) is 78.9 Å². The maximum absolute atomic E-state index is 12.7. The number of fused-ring (bicyclic) bond motifs is 1. The minimum absolute atomic E-state index is 0.0491. The molecule has 3 aromatic carbocycles. The molecule has 4 rings (SSSR count). The fraction of sp³-hybridized carbons (Fsp3) is 0.231. The molecule has 1 N–H and O–H groups in total. The highest BCUT2D eigenvalue weighted by atomic mass is 16.5. The molecule has 0 fully saturated rings. The molecule has 0 radical (unpaired) electrons. The average molecular weight is 399 g/mol.